The van der Waals surface area contributed by atoms with Crippen LogP contribution in [0.15, 0.2) is 12.1 Å². The highest BCUT2D eigenvalue weighted by Gasteiger charge is 2.21. The zero-order valence-corrected chi connectivity index (χ0v) is 8.41. The first-order valence-electron chi connectivity index (χ1n) is 4.23. The minimum Gasteiger partial charge on any atom is -0.475 e. The van der Waals surface area contributed by atoms with Crippen molar-refractivity contribution in [3.63, 3.8) is 0 Å². The number of carbonyl (C=O) groups is 1. The van der Waals surface area contributed by atoms with Gasteiger partial charge in [0.15, 0.2) is 0 Å². The number of likely N-dealkylation sites (N-methyl/N-ethyl adjacent to an activating group) is 1. The Morgan fingerprint density at radius 2 is 2.36 bits per heavy atom. The van der Waals surface area contributed by atoms with E-state index in [0.717, 1.165) is 0 Å². The molecule has 1 amide bonds. The maximum absolute atomic E-state index is 11.7. The van der Waals surface area contributed by atoms with Gasteiger partial charge in [0, 0.05) is 7.05 Å². The molecule has 74 valence electrons. The number of rotatable bonds is 0. The topological polar surface area (TPSA) is 42.4 Å². The molecule has 4 nitrogen and oxygen atoms in total. The summed E-state index contributed by atoms with van der Waals surface area (Å²) in [5.74, 6) is 0.244. The predicted octanol–water partition coefficient (Wildman–Crippen LogP) is 1.20. The summed E-state index contributed by atoms with van der Waals surface area (Å²) in [7, 11) is 1.73. The normalized spacial score (nSPS) is 15.9. The number of hydrogen-bond acceptors (Lipinski definition) is 3. The van der Waals surface area contributed by atoms with Gasteiger partial charge in [-0.25, -0.2) is 4.98 Å². The maximum Gasteiger partial charge on any atom is 0.259 e. The first-order valence-corrected chi connectivity index (χ1v) is 4.61. The monoisotopic (exact) mass is 212 g/mol. The number of pyridine rings is 1. The van der Waals surface area contributed by atoms with Crippen molar-refractivity contribution in [1.29, 1.82) is 0 Å². The molecule has 1 aliphatic rings. The second kappa shape index (κ2) is 3.46. The quantitative estimate of drug-likeness (QED) is 0.607. The van der Waals surface area contributed by atoms with Gasteiger partial charge < -0.3 is 9.64 Å². The van der Waals surface area contributed by atoms with E-state index < -0.39 is 0 Å². The first-order chi connectivity index (χ1) is 6.68. The molecule has 2 rings (SSSR count). The number of amides is 1. The summed E-state index contributed by atoms with van der Waals surface area (Å²) < 4.78 is 5.31. The molecule has 1 aliphatic heterocycles. The minimum atomic E-state index is -0.0818. The summed E-state index contributed by atoms with van der Waals surface area (Å²) in [6.45, 7) is 1.01. The van der Waals surface area contributed by atoms with Gasteiger partial charge in [0.25, 0.3) is 5.91 Å². The Morgan fingerprint density at radius 1 is 1.57 bits per heavy atom. The van der Waals surface area contributed by atoms with Crippen molar-refractivity contribution in [2.75, 3.05) is 20.2 Å². The molecule has 0 atom stereocenters. The highest BCUT2D eigenvalue weighted by atomic mass is 35.5. The molecule has 5 heteroatoms. The van der Waals surface area contributed by atoms with E-state index in [-0.39, 0.29) is 5.91 Å². The smallest absolute Gasteiger partial charge is 0.259 e. The molecule has 0 saturated heterocycles. The fourth-order valence-corrected chi connectivity index (χ4v) is 1.42. The van der Waals surface area contributed by atoms with Crippen LogP contribution in [0.3, 0.4) is 0 Å². The lowest BCUT2D eigenvalue weighted by molar-refractivity contribution is 0.0797. The second-order valence-corrected chi connectivity index (χ2v) is 3.45. The fourth-order valence-electron chi connectivity index (χ4n) is 1.28. The van der Waals surface area contributed by atoms with Crippen LogP contribution in [0.1, 0.15) is 10.4 Å². The average molecular weight is 213 g/mol. The van der Waals surface area contributed by atoms with Gasteiger partial charge in [-0.1, -0.05) is 11.6 Å². The molecule has 14 heavy (non-hydrogen) atoms. The Bertz CT molecular complexity index is 381. The van der Waals surface area contributed by atoms with E-state index in [2.05, 4.69) is 4.98 Å². The van der Waals surface area contributed by atoms with Gasteiger partial charge in [0.2, 0.25) is 5.88 Å². The standard InChI is InChI=1S/C9H9ClN2O2/c1-12-4-5-14-8-6(9(12)13)2-3-7(10)11-8/h2-3H,4-5H2,1H3. The third-order valence-electron chi connectivity index (χ3n) is 2.07. The second-order valence-electron chi connectivity index (χ2n) is 3.06. The van der Waals surface area contributed by atoms with Gasteiger partial charge in [-0.15, -0.1) is 0 Å². The number of nitrogens with zero attached hydrogens (tertiary/aromatic N) is 2. The third kappa shape index (κ3) is 1.53. The molecule has 0 aromatic carbocycles. The Kier molecular flexibility index (Phi) is 2.29. The van der Waals surface area contributed by atoms with Gasteiger partial charge >= 0.3 is 0 Å². The summed E-state index contributed by atoms with van der Waals surface area (Å²) in [6, 6.07) is 3.22. The molecule has 0 fully saturated rings. The highest BCUT2D eigenvalue weighted by molar-refractivity contribution is 6.29. The van der Waals surface area contributed by atoms with Crippen LogP contribution in [0.4, 0.5) is 0 Å². The number of ether oxygens (including phenoxy) is 1. The number of hydrogen-bond donors (Lipinski definition) is 0. The van der Waals surface area contributed by atoms with Crippen LogP contribution >= 0.6 is 11.6 Å². The summed E-state index contributed by atoms with van der Waals surface area (Å²) in [5, 5.41) is 0.334. The SMILES string of the molecule is CN1CCOc2nc(Cl)ccc2C1=O. The summed E-state index contributed by atoms with van der Waals surface area (Å²) in [6.07, 6.45) is 0. The van der Waals surface area contributed by atoms with E-state index in [1.54, 1.807) is 24.1 Å². The Labute approximate surface area is 86.4 Å². The number of halogens is 1. The zero-order valence-electron chi connectivity index (χ0n) is 7.66. The predicted molar refractivity (Wildman–Crippen MR) is 51.7 cm³/mol. The lowest BCUT2D eigenvalue weighted by Crippen LogP contribution is -2.27. The summed E-state index contributed by atoms with van der Waals surface area (Å²) in [4.78, 5) is 17.3. The Morgan fingerprint density at radius 3 is 3.14 bits per heavy atom. The molecule has 1 aromatic rings. The van der Waals surface area contributed by atoms with Gasteiger partial charge in [-0.3, -0.25) is 4.79 Å². The van der Waals surface area contributed by atoms with Crippen LogP contribution in [0.25, 0.3) is 0 Å². The molecular formula is C9H9ClN2O2. The molecule has 0 bridgehead atoms. The lowest BCUT2D eigenvalue weighted by atomic mass is 10.2. The fraction of sp³-hybridized carbons (Fsp3) is 0.333. The van der Waals surface area contributed by atoms with Gasteiger partial charge in [-0.2, -0.15) is 0 Å². The molecule has 0 spiro atoms. The number of aromatic nitrogens is 1. The van der Waals surface area contributed by atoms with Crippen molar-refractivity contribution in [1.82, 2.24) is 9.88 Å². The average Bonchev–Trinajstić information content (AvgIpc) is 2.28. The molecule has 0 radical (unpaired) electrons. The zero-order chi connectivity index (χ0) is 10.1. The van der Waals surface area contributed by atoms with Crippen LogP contribution in [-0.2, 0) is 0 Å². The number of carbonyl (C=O) groups excluding carboxylic acids is 1. The van der Waals surface area contributed by atoms with Crippen molar-refractivity contribution >= 4 is 17.5 Å². The molecule has 0 saturated carbocycles. The molecular weight excluding hydrogens is 204 g/mol. The van der Waals surface area contributed by atoms with Crippen molar-refractivity contribution in [2.45, 2.75) is 0 Å². The Hall–Kier alpha value is -1.29. The minimum absolute atomic E-state index is 0.0818. The lowest BCUT2D eigenvalue weighted by Gasteiger charge is -2.11. The van der Waals surface area contributed by atoms with E-state index in [9.17, 15) is 4.79 Å². The van der Waals surface area contributed by atoms with E-state index in [0.29, 0.717) is 29.7 Å². The van der Waals surface area contributed by atoms with Gasteiger partial charge in [-0.05, 0) is 12.1 Å². The maximum atomic E-state index is 11.7. The van der Waals surface area contributed by atoms with Crippen LogP contribution in [0, 0.1) is 0 Å². The van der Waals surface area contributed by atoms with Crippen LogP contribution < -0.4 is 4.74 Å². The van der Waals surface area contributed by atoms with Crippen LogP contribution in [0.2, 0.25) is 5.15 Å². The van der Waals surface area contributed by atoms with Crippen molar-refractivity contribution in [2.24, 2.45) is 0 Å². The van der Waals surface area contributed by atoms with E-state index in [4.69, 9.17) is 16.3 Å². The van der Waals surface area contributed by atoms with E-state index in [1.807, 2.05) is 0 Å². The molecule has 0 aliphatic carbocycles. The molecule has 0 N–H and O–H groups in total. The van der Waals surface area contributed by atoms with E-state index >= 15 is 0 Å². The molecule has 0 unspecified atom stereocenters. The van der Waals surface area contributed by atoms with E-state index in [1.165, 1.54) is 0 Å². The molecule has 2 heterocycles. The van der Waals surface area contributed by atoms with Gasteiger partial charge in [0.05, 0.1) is 6.54 Å². The third-order valence-corrected chi connectivity index (χ3v) is 2.28. The van der Waals surface area contributed by atoms with Crippen LogP contribution in [0.5, 0.6) is 5.88 Å². The summed E-state index contributed by atoms with van der Waals surface area (Å²) >= 11 is 5.70. The van der Waals surface area contributed by atoms with Gasteiger partial charge in [0.1, 0.15) is 17.3 Å². The first kappa shape index (κ1) is 9.27. The highest BCUT2D eigenvalue weighted by Crippen LogP contribution is 2.22. The van der Waals surface area contributed by atoms with Crippen molar-refractivity contribution in [3.8, 4) is 5.88 Å². The van der Waals surface area contributed by atoms with Crippen molar-refractivity contribution in [3.05, 3.63) is 22.8 Å². The van der Waals surface area contributed by atoms with Crippen molar-refractivity contribution < 1.29 is 9.53 Å². The van der Waals surface area contributed by atoms with Crippen LogP contribution in [-0.4, -0.2) is 36.0 Å². The largest absolute Gasteiger partial charge is 0.475 e. The summed E-state index contributed by atoms with van der Waals surface area (Å²) in [5.41, 5.74) is 0.467. The number of fused-ring (bicyclic) bond motifs is 1. The Balaban J connectivity index is 2.48. The molecule has 1 aromatic heterocycles.